The van der Waals surface area contributed by atoms with Gasteiger partial charge < -0.3 is 9.05 Å². The smallest absolute Gasteiger partial charge is 0.287 e. The van der Waals surface area contributed by atoms with Gasteiger partial charge in [-0.1, -0.05) is 35.4 Å². The first-order valence-corrected chi connectivity index (χ1v) is 8.86. The summed E-state index contributed by atoms with van der Waals surface area (Å²) in [4.78, 5) is 0. The predicted octanol–water partition coefficient (Wildman–Crippen LogP) is 5.22. The molecule has 3 rings (SSSR count). The minimum Gasteiger partial charge on any atom is -0.438 e. The normalized spacial score (nSPS) is 14.3. The lowest BCUT2D eigenvalue weighted by atomic mass is 9.96. The van der Waals surface area contributed by atoms with Gasteiger partial charge in [0, 0.05) is 13.1 Å². The van der Waals surface area contributed by atoms with E-state index in [2.05, 4.69) is 52.0 Å². The zero-order valence-electron chi connectivity index (χ0n) is 13.3. The predicted molar refractivity (Wildman–Crippen MR) is 88.7 cm³/mol. The molecule has 0 saturated carbocycles. The minimum absolute atomic E-state index is 0.860. The zero-order valence-corrected chi connectivity index (χ0v) is 14.2. The minimum atomic E-state index is -0.960. The van der Waals surface area contributed by atoms with Crippen LogP contribution in [0.1, 0.15) is 33.4 Å². The molecule has 0 N–H and O–H groups in total. The van der Waals surface area contributed by atoms with E-state index in [-0.39, 0.29) is 0 Å². The van der Waals surface area contributed by atoms with Crippen LogP contribution >= 0.6 is 8.38 Å². The Hall–Kier alpha value is -1.53. The van der Waals surface area contributed by atoms with E-state index in [1.54, 1.807) is 0 Å². The summed E-state index contributed by atoms with van der Waals surface area (Å²) in [6, 6.07) is 8.81. The molecule has 1 heterocycles. The molecule has 110 valence electrons. The summed E-state index contributed by atoms with van der Waals surface area (Å²) in [6.45, 7) is 10.5. The molecule has 2 aromatic carbocycles. The lowest BCUT2D eigenvalue weighted by molar-refractivity contribution is 0.479. The standard InChI is InChI=1S/C18H21O2P/c1-11-6-13(3)17-15(8-11)10-16-9-12(2)7-14(4)18(16)20-21(5)19-17/h6-9H,10H2,1-5H3. The van der Waals surface area contributed by atoms with Crippen molar-refractivity contribution in [3.8, 4) is 11.5 Å². The van der Waals surface area contributed by atoms with Crippen LogP contribution in [0.4, 0.5) is 0 Å². The van der Waals surface area contributed by atoms with E-state index >= 15 is 0 Å². The van der Waals surface area contributed by atoms with E-state index in [4.69, 9.17) is 9.05 Å². The first-order valence-electron chi connectivity index (χ1n) is 7.24. The topological polar surface area (TPSA) is 18.5 Å². The van der Waals surface area contributed by atoms with Crippen LogP contribution in [0.2, 0.25) is 0 Å². The van der Waals surface area contributed by atoms with Crippen LogP contribution in [0.3, 0.4) is 0 Å². The number of benzene rings is 2. The second-order valence-electron chi connectivity index (χ2n) is 5.94. The Labute approximate surface area is 128 Å². The van der Waals surface area contributed by atoms with Gasteiger partial charge in [0.05, 0.1) is 0 Å². The van der Waals surface area contributed by atoms with Crippen molar-refractivity contribution in [2.45, 2.75) is 34.1 Å². The van der Waals surface area contributed by atoms with Crippen LogP contribution in [0.15, 0.2) is 24.3 Å². The highest BCUT2D eigenvalue weighted by Gasteiger charge is 2.22. The third kappa shape index (κ3) is 2.78. The molecule has 1 aliphatic heterocycles. The van der Waals surface area contributed by atoms with E-state index in [9.17, 15) is 0 Å². The Morgan fingerprint density at radius 3 is 1.62 bits per heavy atom. The van der Waals surface area contributed by atoms with Crippen molar-refractivity contribution in [3.05, 3.63) is 57.6 Å². The Morgan fingerprint density at radius 2 is 1.19 bits per heavy atom. The molecule has 0 radical (unpaired) electrons. The third-order valence-corrected chi connectivity index (χ3v) is 4.69. The van der Waals surface area contributed by atoms with Gasteiger partial charge in [-0.15, -0.1) is 0 Å². The summed E-state index contributed by atoms with van der Waals surface area (Å²) in [5, 5.41) is 0. The van der Waals surface area contributed by atoms with Gasteiger partial charge in [-0.05, 0) is 49.9 Å². The van der Waals surface area contributed by atoms with Crippen molar-refractivity contribution >= 4 is 8.38 Å². The maximum Gasteiger partial charge on any atom is 0.287 e. The lowest BCUT2D eigenvalue weighted by Gasteiger charge is -2.25. The van der Waals surface area contributed by atoms with Crippen molar-refractivity contribution in [1.82, 2.24) is 0 Å². The lowest BCUT2D eigenvalue weighted by Crippen LogP contribution is -2.07. The van der Waals surface area contributed by atoms with Crippen molar-refractivity contribution in [2.75, 3.05) is 6.66 Å². The summed E-state index contributed by atoms with van der Waals surface area (Å²) < 4.78 is 12.2. The average molecular weight is 300 g/mol. The number of hydrogen-bond acceptors (Lipinski definition) is 2. The molecular formula is C18H21O2P. The molecule has 2 aromatic rings. The molecule has 0 atom stereocenters. The molecule has 0 fully saturated rings. The van der Waals surface area contributed by atoms with Crippen molar-refractivity contribution < 1.29 is 9.05 Å². The number of aryl methyl sites for hydroxylation is 4. The van der Waals surface area contributed by atoms with Crippen LogP contribution in [-0.4, -0.2) is 6.66 Å². The Bertz CT molecular complexity index is 647. The summed E-state index contributed by atoms with van der Waals surface area (Å²) in [6.07, 6.45) is 0.860. The molecule has 21 heavy (non-hydrogen) atoms. The Morgan fingerprint density at radius 1 is 0.762 bits per heavy atom. The molecular weight excluding hydrogens is 279 g/mol. The molecule has 0 spiro atoms. The largest absolute Gasteiger partial charge is 0.438 e. The maximum absolute atomic E-state index is 6.11. The van der Waals surface area contributed by atoms with Crippen LogP contribution in [0, 0.1) is 27.7 Å². The van der Waals surface area contributed by atoms with Gasteiger partial charge in [0.2, 0.25) is 0 Å². The third-order valence-electron chi connectivity index (χ3n) is 3.81. The van der Waals surface area contributed by atoms with E-state index < -0.39 is 8.38 Å². The highest BCUT2D eigenvalue weighted by atomic mass is 31.2. The monoisotopic (exact) mass is 300 g/mol. The number of fused-ring (bicyclic) bond motifs is 2. The first-order chi connectivity index (χ1) is 9.94. The van der Waals surface area contributed by atoms with Crippen LogP contribution in [0.5, 0.6) is 11.5 Å². The second kappa shape index (κ2) is 5.35. The first kappa shape index (κ1) is 14.4. The molecule has 3 heteroatoms. The van der Waals surface area contributed by atoms with Crippen LogP contribution < -0.4 is 9.05 Å². The number of rotatable bonds is 0. The van der Waals surface area contributed by atoms with Crippen LogP contribution in [-0.2, 0) is 6.42 Å². The quantitative estimate of drug-likeness (QED) is 0.621. The summed E-state index contributed by atoms with van der Waals surface area (Å²) in [5.74, 6) is 2.00. The SMILES string of the molecule is Cc1cc(C)c2c(c1)Cc1cc(C)cc(C)c1OP(C)O2. The summed E-state index contributed by atoms with van der Waals surface area (Å²) >= 11 is 0. The zero-order chi connectivity index (χ0) is 15.1. The molecule has 0 bridgehead atoms. The van der Waals surface area contributed by atoms with E-state index in [0.717, 1.165) is 17.9 Å². The van der Waals surface area contributed by atoms with Gasteiger partial charge in [-0.2, -0.15) is 0 Å². The Kier molecular flexibility index (Phi) is 3.67. The van der Waals surface area contributed by atoms with Gasteiger partial charge in [-0.25, -0.2) is 0 Å². The van der Waals surface area contributed by atoms with Gasteiger partial charge >= 0.3 is 0 Å². The van der Waals surface area contributed by atoms with E-state index in [1.807, 2.05) is 6.66 Å². The summed E-state index contributed by atoms with van der Waals surface area (Å²) in [5.41, 5.74) is 7.46. The molecule has 2 nitrogen and oxygen atoms in total. The highest BCUT2D eigenvalue weighted by molar-refractivity contribution is 7.47. The van der Waals surface area contributed by atoms with E-state index in [0.29, 0.717) is 0 Å². The highest BCUT2D eigenvalue weighted by Crippen LogP contribution is 2.46. The molecule has 0 unspecified atom stereocenters. The fourth-order valence-electron chi connectivity index (χ4n) is 3.09. The van der Waals surface area contributed by atoms with E-state index in [1.165, 1.54) is 33.4 Å². The van der Waals surface area contributed by atoms with Gasteiger partial charge in [0.1, 0.15) is 11.5 Å². The average Bonchev–Trinajstić information content (AvgIpc) is 2.36. The van der Waals surface area contributed by atoms with Crippen molar-refractivity contribution in [3.63, 3.8) is 0 Å². The molecule has 1 aliphatic rings. The molecule has 0 saturated heterocycles. The van der Waals surface area contributed by atoms with Gasteiger partial charge in [0.25, 0.3) is 8.38 Å². The van der Waals surface area contributed by atoms with Crippen molar-refractivity contribution in [1.29, 1.82) is 0 Å². The fraction of sp³-hybridized carbons (Fsp3) is 0.333. The maximum atomic E-state index is 6.11. The van der Waals surface area contributed by atoms with Gasteiger partial charge in [-0.3, -0.25) is 0 Å². The fourth-order valence-corrected chi connectivity index (χ4v) is 4.16. The van der Waals surface area contributed by atoms with Gasteiger partial charge in [0.15, 0.2) is 0 Å². The summed E-state index contributed by atoms with van der Waals surface area (Å²) in [7, 11) is -0.960. The Balaban J connectivity index is 2.19. The molecule has 0 amide bonds. The van der Waals surface area contributed by atoms with Crippen LogP contribution in [0.25, 0.3) is 0 Å². The number of hydrogen-bond donors (Lipinski definition) is 0. The molecule has 0 aliphatic carbocycles. The molecule has 0 aromatic heterocycles. The van der Waals surface area contributed by atoms with Crippen molar-refractivity contribution in [2.24, 2.45) is 0 Å². The second-order valence-corrected chi connectivity index (χ2v) is 7.18.